The summed E-state index contributed by atoms with van der Waals surface area (Å²) in [6.45, 7) is 0. The maximum Gasteiger partial charge on any atom is 0.0693 e. The average molecular weight is 158 g/mol. The van der Waals surface area contributed by atoms with Gasteiger partial charge in [-0.15, -0.1) is 0 Å². The van der Waals surface area contributed by atoms with E-state index in [1.165, 1.54) is 0 Å². The fraction of sp³-hybridized carbons (Fsp3) is 0.800. The molecule has 4 aliphatic carbocycles. The zero-order valence-corrected chi connectivity index (χ0v) is 6.88. The Morgan fingerprint density at radius 3 is 1.75 bits per heavy atom. The van der Waals surface area contributed by atoms with E-state index in [1.54, 1.807) is 0 Å². The third-order valence-electron chi connectivity index (χ3n) is 4.43. The van der Waals surface area contributed by atoms with E-state index in [1.807, 2.05) is 0 Å². The van der Waals surface area contributed by atoms with E-state index < -0.39 is 0 Å². The van der Waals surface area contributed by atoms with Gasteiger partial charge in [-0.25, -0.2) is 0 Å². The van der Waals surface area contributed by atoms with Crippen molar-refractivity contribution in [3.63, 3.8) is 0 Å². The molecule has 4 fully saturated rings. The van der Waals surface area contributed by atoms with Gasteiger partial charge in [-0.05, 0) is 37.5 Å². The first-order valence-electron chi connectivity index (χ1n) is 4.57. The Labute approximate surface area is 71.8 Å². The molecule has 4 rings (SSSR count). The lowest BCUT2D eigenvalue weighted by Crippen LogP contribution is -2.16. The second-order valence-electron chi connectivity index (χ2n) is 4.75. The molecule has 60 valence electrons. The molecule has 0 unspecified atom stereocenters. The molecule has 2 heteroatoms. The molecule has 0 aromatic heterocycles. The quantitative estimate of drug-likeness (QED) is 0.540. The predicted octanol–water partition coefficient (Wildman–Crippen LogP) is 1.84. The lowest BCUT2D eigenvalue weighted by Gasteiger charge is -2.18. The van der Waals surface area contributed by atoms with Crippen LogP contribution in [0.5, 0.6) is 0 Å². The van der Waals surface area contributed by atoms with Crippen molar-refractivity contribution in [2.75, 3.05) is 0 Å². The molecule has 0 amide bonds. The van der Waals surface area contributed by atoms with Crippen LogP contribution in [0.15, 0.2) is 0 Å². The molecule has 12 heavy (non-hydrogen) atoms. The summed E-state index contributed by atoms with van der Waals surface area (Å²) in [5.74, 6) is 1.12. The minimum absolute atomic E-state index is 0.0691. The highest BCUT2D eigenvalue weighted by atomic mass is 14.7. The van der Waals surface area contributed by atoms with Crippen LogP contribution in [0, 0.1) is 45.3 Å². The molecule has 0 aliphatic heterocycles. The maximum absolute atomic E-state index is 9.09. The molecule has 4 aliphatic rings. The Morgan fingerprint density at radius 1 is 1.00 bits per heavy atom. The van der Waals surface area contributed by atoms with Crippen molar-refractivity contribution in [2.24, 2.45) is 22.7 Å². The third-order valence-corrected chi connectivity index (χ3v) is 4.43. The van der Waals surface area contributed by atoms with Crippen LogP contribution in [0.1, 0.15) is 25.7 Å². The summed E-state index contributed by atoms with van der Waals surface area (Å²) in [7, 11) is 0. The lowest BCUT2D eigenvalue weighted by molar-refractivity contribution is 0.339. The average Bonchev–Trinajstić information content (AvgIpc) is 2.72. The fourth-order valence-electron chi connectivity index (χ4n) is 3.91. The van der Waals surface area contributed by atoms with E-state index in [-0.39, 0.29) is 10.8 Å². The molecule has 0 heterocycles. The highest BCUT2D eigenvalue weighted by Crippen LogP contribution is 2.75. The largest absolute Gasteiger partial charge is 0.198 e. The predicted molar refractivity (Wildman–Crippen MR) is 41.5 cm³/mol. The van der Waals surface area contributed by atoms with Crippen LogP contribution in [0.4, 0.5) is 0 Å². The van der Waals surface area contributed by atoms with Gasteiger partial charge in [0.05, 0.1) is 23.0 Å². The molecule has 2 nitrogen and oxygen atoms in total. The summed E-state index contributed by atoms with van der Waals surface area (Å²) in [4.78, 5) is 0. The minimum atomic E-state index is -0.0691. The first kappa shape index (κ1) is 6.49. The van der Waals surface area contributed by atoms with Crippen LogP contribution in [-0.2, 0) is 0 Å². The van der Waals surface area contributed by atoms with Crippen molar-refractivity contribution in [1.82, 2.24) is 0 Å². The van der Waals surface area contributed by atoms with E-state index >= 15 is 0 Å². The van der Waals surface area contributed by atoms with Gasteiger partial charge in [0, 0.05) is 0 Å². The summed E-state index contributed by atoms with van der Waals surface area (Å²) < 4.78 is 0. The number of hydrogen-bond acceptors (Lipinski definition) is 2. The van der Waals surface area contributed by atoms with Crippen LogP contribution in [0.25, 0.3) is 0 Å². The Kier molecular flexibility index (Phi) is 0.824. The van der Waals surface area contributed by atoms with E-state index in [9.17, 15) is 0 Å². The highest BCUT2D eigenvalue weighted by molar-refractivity contribution is 5.30. The van der Waals surface area contributed by atoms with Gasteiger partial charge in [-0.2, -0.15) is 10.5 Å². The van der Waals surface area contributed by atoms with E-state index in [0.717, 1.165) is 25.7 Å². The molecule has 0 aromatic rings. The Bertz CT molecular complexity index is 303. The molecule has 4 saturated carbocycles. The van der Waals surface area contributed by atoms with Gasteiger partial charge in [-0.1, -0.05) is 0 Å². The van der Waals surface area contributed by atoms with Crippen molar-refractivity contribution >= 4 is 0 Å². The number of nitriles is 2. The monoisotopic (exact) mass is 158 g/mol. The SMILES string of the molecule is N#C[C@@]12C[C@H]3C[C@@H]1C[C@@]3(C#N)C2. The molecule has 0 aromatic carbocycles. The summed E-state index contributed by atoms with van der Waals surface area (Å²) >= 11 is 0. The van der Waals surface area contributed by atoms with Crippen molar-refractivity contribution in [3.05, 3.63) is 0 Å². The molecule has 0 spiro atoms. The Balaban J connectivity index is 2.15. The molecule has 0 N–H and O–H groups in total. The standard InChI is InChI=1S/C10H10N2/c11-5-9-2-7-1-8(9)3-10(7,4-9)6-12/h7-8H,1-4H2/t7-,8-,9+,10+/m1/s1. The van der Waals surface area contributed by atoms with Gasteiger partial charge < -0.3 is 0 Å². The van der Waals surface area contributed by atoms with Crippen LogP contribution in [0.3, 0.4) is 0 Å². The topological polar surface area (TPSA) is 47.6 Å². The van der Waals surface area contributed by atoms with Crippen LogP contribution < -0.4 is 0 Å². The Morgan fingerprint density at radius 2 is 1.50 bits per heavy atom. The van der Waals surface area contributed by atoms with Crippen molar-refractivity contribution in [1.29, 1.82) is 10.5 Å². The molecule has 4 atom stereocenters. The lowest BCUT2D eigenvalue weighted by atomic mass is 9.82. The maximum atomic E-state index is 9.09. The van der Waals surface area contributed by atoms with E-state index in [4.69, 9.17) is 10.5 Å². The third kappa shape index (κ3) is 0.418. The zero-order valence-electron chi connectivity index (χ0n) is 6.88. The van der Waals surface area contributed by atoms with Crippen LogP contribution in [-0.4, -0.2) is 0 Å². The summed E-state index contributed by atoms with van der Waals surface area (Å²) in [6.07, 6.45) is 4.06. The zero-order chi connectivity index (χ0) is 8.40. The molecular formula is C10H10N2. The molecule has 0 saturated heterocycles. The highest BCUT2D eigenvalue weighted by Gasteiger charge is 2.71. The molecule has 4 bridgehead atoms. The van der Waals surface area contributed by atoms with Gasteiger partial charge in [0.25, 0.3) is 0 Å². The van der Waals surface area contributed by atoms with Gasteiger partial charge in [0.1, 0.15) is 0 Å². The minimum Gasteiger partial charge on any atom is -0.198 e. The van der Waals surface area contributed by atoms with Gasteiger partial charge in [-0.3, -0.25) is 0 Å². The van der Waals surface area contributed by atoms with Gasteiger partial charge in [0.15, 0.2) is 0 Å². The normalized spacial score (nSPS) is 58.8. The van der Waals surface area contributed by atoms with Crippen molar-refractivity contribution in [3.8, 4) is 12.1 Å². The summed E-state index contributed by atoms with van der Waals surface area (Å²) in [5, 5.41) is 18.2. The van der Waals surface area contributed by atoms with Gasteiger partial charge in [0.2, 0.25) is 0 Å². The second kappa shape index (κ2) is 1.52. The van der Waals surface area contributed by atoms with Crippen molar-refractivity contribution < 1.29 is 0 Å². The number of hydrogen-bond donors (Lipinski definition) is 0. The second-order valence-corrected chi connectivity index (χ2v) is 4.75. The molecular weight excluding hydrogens is 148 g/mol. The van der Waals surface area contributed by atoms with Crippen molar-refractivity contribution in [2.45, 2.75) is 25.7 Å². The fourth-order valence-corrected chi connectivity index (χ4v) is 3.91. The number of nitrogens with zero attached hydrogens (tertiary/aromatic N) is 2. The van der Waals surface area contributed by atoms with E-state index in [2.05, 4.69) is 12.1 Å². The van der Waals surface area contributed by atoms with Crippen LogP contribution in [0.2, 0.25) is 0 Å². The molecule has 0 radical (unpaired) electrons. The Hall–Kier alpha value is -1.02. The smallest absolute Gasteiger partial charge is 0.0693 e. The number of rotatable bonds is 0. The summed E-state index contributed by atoms with van der Waals surface area (Å²) in [5.41, 5.74) is -0.138. The van der Waals surface area contributed by atoms with E-state index in [0.29, 0.717) is 11.8 Å². The van der Waals surface area contributed by atoms with Crippen LogP contribution >= 0.6 is 0 Å². The van der Waals surface area contributed by atoms with Gasteiger partial charge >= 0.3 is 0 Å². The first-order chi connectivity index (χ1) is 5.75. The summed E-state index contributed by atoms with van der Waals surface area (Å²) in [6, 6.07) is 4.94. The first-order valence-corrected chi connectivity index (χ1v) is 4.57.